The van der Waals surface area contributed by atoms with Gasteiger partial charge in [0.25, 0.3) is 0 Å². The Morgan fingerprint density at radius 1 is 1.35 bits per heavy atom. The molecule has 1 aliphatic rings. The van der Waals surface area contributed by atoms with Gasteiger partial charge >= 0.3 is 0 Å². The van der Waals surface area contributed by atoms with Crippen molar-refractivity contribution in [1.29, 1.82) is 0 Å². The molecule has 1 fully saturated rings. The standard InChI is InChI=1S/C16H31N5O2/c1-12(2)19-14(22)9-17-16(18-10-15(23)20(4)5)21-8-6-7-13(3)11-21/h12-13H,6-11H2,1-5H3,(H,17,18)(H,19,22). The van der Waals surface area contributed by atoms with Crippen molar-refractivity contribution in [2.45, 2.75) is 39.7 Å². The summed E-state index contributed by atoms with van der Waals surface area (Å²) in [6, 6.07) is 0.0967. The number of likely N-dealkylation sites (N-methyl/N-ethyl adjacent to an activating group) is 1. The maximum absolute atomic E-state index is 11.8. The van der Waals surface area contributed by atoms with Crippen LogP contribution < -0.4 is 10.6 Å². The maximum Gasteiger partial charge on any atom is 0.242 e. The van der Waals surface area contributed by atoms with Crippen molar-refractivity contribution in [3.63, 3.8) is 0 Å². The lowest BCUT2D eigenvalue weighted by atomic mass is 10.0. The van der Waals surface area contributed by atoms with E-state index in [9.17, 15) is 9.59 Å². The Kier molecular flexibility index (Phi) is 7.85. The Bertz CT molecular complexity index is 434. The number of carbonyl (C=O) groups is 2. The van der Waals surface area contributed by atoms with Crippen molar-refractivity contribution in [3.8, 4) is 0 Å². The van der Waals surface area contributed by atoms with E-state index in [-0.39, 0.29) is 30.9 Å². The van der Waals surface area contributed by atoms with Gasteiger partial charge in [-0.25, -0.2) is 4.99 Å². The predicted molar refractivity (Wildman–Crippen MR) is 92.2 cm³/mol. The van der Waals surface area contributed by atoms with E-state index in [0.717, 1.165) is 19.5 Å². The molecule has 0 aromatic heterocycles. The van der Waals surface area contributed by atoms with Crippen LogP contribution in [0, 0.1) is 5.92 Å². The molecule has 0 spiro atoms. The number of hydrogen-bond donors (Lipinski definition) is 2. The Hall–Kier alpha value is -1.79. The SMILES string of the molecule is CC1CCCN(C(=NCC(=O)NC(C)C)NCC(=O)N(C)C)C1. The molecule has 7 nitrogen and oxygen atoms in total. The number of carbonyl (C=O) groups excluding carboxylic acids is 2. The topological polar surface area (TPSA) is 77.0 Å². The summed E-state index contributed by atoms with van der Waals surface area (Å²) in [4.78, 5) is 31.7. The fourth-order valence-corrected chi connectivity index (χ4v) is 2.48. The third-order valence-electron chi connectivity index (χ3n) is 3.68. The second-order valence-corrected chi connectivity index (χ2v) is 6.70. The van der Waals surface area contributed by atoms with Crippen LogP contribution in [-0.2, 0) is 9.59 Å². The molecule has 0 aromatic carbocycles. The number of hydrogen-bond acceptors (Lipinski definition) is 3. The molecule has 0 aromatic rings. The number of aliphatic imine (C=N–C) groups is 1. The normalized spacial score (nSPS) is 18.8. The lowest BCUT2D eigenvalue weighted by Crippen LogP contribution is -2.49. The van der Waals surface area contributed by atoms with Gasteiger partial charge in [-0.05, 0) is 32.6 Å². The number of amides is 2. The van der Waals surface area contributed by atoms with E-state index in [0.29, 0.717) is 11.9 Å². The van der Waals surface area contributed by atoms with Gasteiger partial charge in [0.05, 0.1) is 6.54 Å². The van der Waals surface area contributed by atoms with Gasteiger partial charge in [0.15, 0.2) is 5.96 Å². The number of piperidine rings is 1. The Balaban J connectivity index is 2.70. The van der Waals surface area contributed by atoms with Crippen LogP contribution in [0.4, 0.5) is 0 Å². The summed E-state index contributed by atoms with van der Waals surface area (Å²) in [5.41, 5.74) is 0. The second kappa shape index (κ2) is 9.37. The summed E-state index contributed by atoms with van der Waals surface area (Å²) < 4.78 is 0. The van der Waals surface area contributed by atoms with Crippen molar-refractivity contribution >= 4 is 17.8 Å². The largest absolute Gasteiger partial charge is 0.352 e. The third kappa shape index (κ3) is 7.34. The average Bonchev–Trinajstić information content (AvgIpc) is 2.46. The highest BCUT2D eigenvalue weighted by Crippen LogP contribution is 2.15. The summed E-state index contributed by atoms with van der Waals surface area (Å²) in [6.45, 7) is 8.10. The lowest BCUT2D eigenvalue weighted by molar-refractivity contribution is -0.127. The predicted octanol–water partition coefficient (Wildman–Crippen LogP) is 0.277. The molecule has 1 atom stereocenters. The molecule has 7 heteroatoms. The molecule has 23 heavy (non-hydrogen) atoms. The molecular formula is C16H31N5O2. The highest BCUT2D eigenvalue weighted by molar-refractivity contribution is 5.88. The van der Waals surface area contributed by atoms with Crippen LogP contribution in [-0.4, -0.2) is 73.9 Å². The molecule has 0 aliphatic carbocycles. The van der Waals surface area contributed by atoms with Gasteiger partial charge in [-0.2, -0.15) is 0 Å². The molecule has 2 amide bonds. The monoisotopic (exact) mass is 325 g/mol. The fraction of sp³-hybridized carbons (Fsp3) is 0.812. The highest BCUT2D eigenvalue weighted by atomic mass is 16.2. The molecule has 1 aliphatic heterocycles. The van der Waals surface area contributed by atoms with Gasteiger partial charge in [-0.3, -0.25) is 9.59 Å². The van der Waals surface area contributed by atoms with Crippen molar-refractivity contribution in [1.82, 2.24) is 20.4 Å². The van der Waals surface area contributed by atoms with E-state index in [4.69, 9.17) is 0 Å². The molecule has 1 saturated heterocycles. The van der Waals surface area contributed by atoms with Gasteiger partial charge in [0.1, 0.15) is 6.54 Å². The van der Waals surface area contributed by atoms with E-state index in [2.05, 4.69) is 27.4 Å². The van der Waals surface area contributed by atoms with E-state index in [1.165, 1.54) is 11.3 Å². The van der Waals surface area contributed by atoms with Gasteiger partial charge in [0.2, 0.25) is 11.8 Å². The van der Waals surface area contributed by atoms with E-state index < -0.39 is 0 Å². The number of likely N-dealkylation sites (tertiary alicyclic amines) is 1. The molecule has 0 radical (unpaired) electrons. The van der Waals surface area contributed by atoms with Crippen LogP contribution in [0.2, 0.25) is 0 Å². The second-order valence-electron chi connectivity index (χ2n) is 6.70. The van der Waals surface area contributed by atoms with Gasteiger partial charge in [0, 0.05) is 33.2 Å². The van der Waals surface area contributed by atoms with Crippen molar-refractivity contribution in [2.75, 3.05) is 40.3 Å². The first-order valence-electron chi connectivity index (χ1n) is 8.32. The zero-order valence-corrected chi connectivity index (χ0v) is 15.1. The minimum atomic E-state index is -0.108. The average molecular weight is 325 g/mol. The molecule has 2 N–H and O–H groups in total. The lowest BCUT2D eigenvalue weighted by Gasteiger charge is -2.33. The first-order valence-corrected chi connectivity index (χ1v) is 8.32. The molecule has 1 rings (SSSR count). The smallest absolute Gasteiger partial charge is 0.242 e. The van der Waals surface area contributed by atoms with Crippen molar-refractivity contribution < 1.29 is 9.59 Å². The van der Waals surface area contributed by atoms with Crippen molar-refractivity contribution in [2.24, 2.45) is 10.9 Å². The van der Waals surface area contributed by atoms with Crippen molar-refractivity contribution in [3.05, 3.63) is 0 Å². The van der Waals surface area contributed by atoms with Crippen LogP contribution in [0.1, 0.15) is 33.6 Å². The fourth-order valence-electron chi connectivity index (χ4n) is 2.48. The Morgan fingerprint density at radius 3 is 2.61 bits per heavy atom. The molecule has 1 unspecified atom stereocenters. The number of guanidine groups is 1. The van der Waals surface area contributed by atoms with E-state index in [1.807, 2.05) is 13.8 Å². The van der Waals surface area contributed by atoms with E-state index >= 15 is 0 Å². The zero-order valence-electron chi connectivity index (χ0n) is 15.1. The number of rotatable bonds is 5. The summed E-state index contributed by atoms with van der Waals surface area (Å²) in [5.74, 6) is 1.10. The summed E-state index contributed by atoms with van der Waals surface area (Å²) in [5, 5.41) is 5.93. The molecule has 0 saturated carbocycles. The third-order valence-corrected chi connectivity index (χ3v) is 3.68. The molecule has 132 valence electrons. The van der Waals surface area contributed by atoms with Gasteiger partial charge in [-0.1, -0.05) is 6.92 Å². The first-order chi connectivity index (χ1) is 10.8. The highest BCUT2D eigenvalue weighted by Gasteiger charge is 2.20. The molecular weight excluding hydrogens is 294 g/mol. The quantitative estimate of drug-likeness (QED) is 0.562. The first kappa shape index (κ1) is 19.3. The summed E-state index contributed by atoms with van der Waals surface area (Å²) >= 11 is 0. The Labute approximate surface area is 139 Å². The van der Waals surface area contributed by atoms with Crippen LogP contribution in [0.15, 0.2) is 4.99 Å². The zero-order chi connectivity index (χ0) is 17.4. The molecule has 1 heterocycles. The van der Waals surface area contributed by atoms with Crippen LogP contribution >= 0.6 is 0 Å². The van der Waals surface area contributed by atoms with Crippen LogP contribution in [0.3, 0.4) is 0 Å². The van der Waals surface area contributed by atoms with Crippen LogP contribution in [0.25, 0.3) is 0 Å². The minimum absolute atomic E-state index is 0.0191. The van der Waals surface area contributed by atoms with Gasteiger partial charge in [-0.15, -0.1) is 0 Å². The number of nitrogens with zero attached hydrogens (tertiary/aromatic N) is 3. The van der Waals surface area contributed by atoms with Crippen LogP contribution in [0.5, 0.6) is 0 Å². The number of nitrogens with one attached hydrogen (secondary N) is 2. The minimum Gasteiger partial charge on any atom is -0.352 e. The summed E-state index contributed by atoms with van der Waals surface area (Å²) in [6.07, 6.45) is 2.30. The van der Waals surface area contributed by atoms with E-state index in [1.54, 1.807) is 14.1 Å². The molecule has 0 bridgehead atoms. The maximum atomic E-state index is 11.8. The summed E-state index contributed by atoms with van der Waals surface area (Å²) in [7, 11) is 3.44. The van der Waals surface area contributed by atoms with Gasteiger partial charge < -0.3 is 20.4 Å². The Morgan fingerprint density at radius 2 is 2.04 bits per heavy atom.